The quantitative estimate of drug-likeness (QED) is 0.480. The molecule has 8 nitrogen and oxygen atoms in total. The SMILES string of the molecule is Cc1cc2nc(C)c(CCC(=O)NCc3cccc(OCCN(C)C4CCOCC4)c3)c(C)n2n1. The lowest BCUT2D eigenvalue weighted by molar-refractivity contribution is -0.121. The maximum Gasteiger partial charge on any atom is 0.220 e. The van der Waals surface area contributed by atoms with Gasteiger partial charge in [-0.05, 0) is 70.3 Å². The lowest BCUT2D eigenvalue weighted by atomic mass is 10.1. The van der Waals surface area contributed by atoms with E-state index in [4.69, 9.17) is 9.47 Å². The Kier molecular flexibility index (Phi) is 8.36. The molecular weight excluding hydrogens is 442 g/mol. The molecule has 4 rings (SSSR count). The number of rotatable bonds is 10. The van der Waals surface area contributed by atoms with E-state index in [-0.39, 0.29) is 5.91 Å². The number of aromatic nitrogens is 3. The molecule has 0 unspecified atom stereocenters. The fraction of sp³-hybridized carbons (Fsp3) is 0.519. The number of hydrogen-bond acceptors (Lipinski definition) is 6. The molecule has 0 radical (unpaired) electrons. The van der Waals surface area contributed by atoms with Gasteiger partial charge < -0.3 is 14.8 Å². The first-order valence-corrected chi connectivity index (χ1v) is 12.5. The zero-order chi connectivity index (χ0) is 24.8. The molecule has 3 aromatic rings. The van der Waals surface area contributed by atoms with Crippen molar-refractivity contribution in [3.63, 3.8) is 0 Å². The monoisotopic (exact) mass is 479 g/mol. The van der Waals surface area contributed by atoms with Crippen molar-refractivity contribution >= 4 is 11.6 Å². The summed E-state index contributed by atoms with van der Waals surface area (Å²) in [5, 5.41) is 7.55. The van der Waals surface area contributed by atoms with Gasteiger partial charge in [-0.3, -0.25) is 9.69 Å². The highest BCUT2D eigenvalue weighted by atomic mass is 16.5. The topological polar surface area (TPSA) is 81.0 Å². The Morgan fingerprint density at radius 2 is 2.03 bits per heavy atom. The van der Waals surface area contributed by atoms with Gasteiger partial charge in [0, 0.05) is 56.2 Å². The van der Waals surface area contributed by atoms with E-state index in [9.17, 15) is 4.79 Å². The van der Waals surface area contributed by atoms with Crippen LogP contribution in [-0.2, 0) is 22.5 Å². The standard InChI is InChI=1S/C27H37N5O3/c1-19-16-26-29-20(2)25(21(3)32(26)30-19)8-9-27(33)28-18-22-6-5-7-24(17-22)35-15-12-31(4)23-10-13-34-14-11-23/h5-7,16-17,23H,8-15,18H2,1-4H3,(H,28,33). The van der Waals surface area contributed by atoms with Crippen LogP contribution in [0.3, 0.4) is 0 Å². The first-order chi connectivity index (χ1) is 16.9. The van der Waals surface area contributed by atoms with E-state index in [1.807, 2.05) is 55.6 Å². The number of aryl methyl sites for hydroxylation is 3. The molecule has 1 N–H and O–H groups in total. The second-order valence-corrected chi connectivity index (χ2v) is 9.41. The van der Waals surface area contributed by atoms with Crippen molar-refractivity contribution in [3.8, 4) is 5.75 Å². The number of nitrogens with one attached hydrogen (secondary N) is 1. The third kappa shape index (κ3) is 6.58. The van der Waals surface area contributed by atoms with E-state index < -0.39 is 0 Å². The van der Waals surface area contributed by atoms with Crippen molar-refractivity contribution in [1.82, 2.24) is 24.8 Å². The van der Waals surface area contributed by atoms with Gasteiger partial charge in [0.25, 0.3) is 0 Å². The zero-order valence-corrected chi connectivity index (χ0v) is 21.3. The third-order valence-electron chi connectivity index (χ3n) is 6.80. The van der Waals surface area contributed by atoms with Gasteiger partial charge in [0.15, 0.2) is 5.65 Å². The molecular formula is C27H37N5O3. The molecule has 2 aromatic heterocycles. The molecule has 0 spiro atoms. The minimum Gasteiger partial charge on any atom is -0.492 e. The summed E-state index contributed by atoms with van der Waals surface area (Å²) in [4.78, 5) is 19.6. The van der Waals surface area contributed by atoms with Gasteiger partial charge in [0.05, 0.1) is 5.69 Å². The van der Waals surface area contributed by atoms with Crippen LogP contribution in [0.15, 0.2) is 30.3 Å². The van der Waals surface area contributed by atoms with E-state index in [1.54, 1.807) is 0 Å². The largest absolute Gasteiger partial charge is 0.492 e. The summed E-state index contributed by atoms with van der Waals surface area (Å²) in [6.45, 7) is 9.68. The van der Waals surface area contributed by atoms with Gasteiger partial charge in [-0.15, -0.1) is 0 Å². The molecule has 1 aliphatic heterocycles. The number of nitrogens with zero attached hydrogens (tertiary/aromatic N) is 4. The summed E-state index contributed by atoms with van der Waals surface area (Å²) in [5.41, 5.74) is 5.89. The van der Waals surface area contributed by atoms with E-state index in [0.717, 1.165) is 72.2 Å². The highest BCUT2D eigenvalue weighted by molar-refractivity contribution is 5.76. The Labute approximate surface area is 207 Å². The van der Waals surface area contributed by atoms with Crippen LogP contribution in [-0.4, -0.2) is 64.9 Å². The molecule has 1 fully saturated rings. The van der Waals surface area contributed by atoms with Gasteiger partial charge in [0.1, 0.15) is 12.4 Å². The fourth-order valence-electron chi connectivity index (χ4n) is 4.69. The Bertz CT molecular complexity index is 1150. The van der Waals surface area contributed by atoms with Crippen molar-refractivity contribution in [2.24, 2.45) is 0 Å². The highest BCUT2D eigenvalue weighted by Gasteiger charge is 2.18. The molecule has 3 heterocycles. The number of hydrogen-bond donors (Lipinski definition) is 1. The molecule has 8 heteroatoms. The number of carbonyl (C=O) groups is 1. The normalized spacial score (nSPS) is 14.5. The van der Waals surface area contributed by atoms with Crippen LogP contribution in [0.25, 0.3) is 5.65 Å². The molecule has 0 aliphatic carbocycles. The van der Waals surface area contributed by atoms with Crippen LogP contribution < -0.4 is 10.1 Å². The molecule has 188 valence electrons. The lowest BCUT2D eigenvalue weighted by Crippen LogP contribution is -2.38. The predicted molar refractivity (Wildman–Crippen MR) is 136 cm³/mol. The lowest BCUT2D eigenvalue weighted by Gasteiger charge is -2.31. The zero-order valence-electron chi connectivity index (χ0n) is 21.3. The fourth-order valence-corrected chi connectivity index (χ4v) is 4.69. The summed E-state index contributed by atoms with van der Waals surface area (Å²) in [6, 6.07) is 10.5. The van der Waals surface area contributed by atoms with Crippen molar-refractivity contribution in [2.45, 2.75) is 59.0 Å². The minimum atomic E-state index is 0.0185. The van der Waals surface area contributed by atoms with Crippen LogP contribution in [0.4, 0.5) is 0 Å². The van der Waals surface area contributed by atoms with Crippen molar-refractivity contribution < 1.29 is 14.3 Å². The second-order valence-electron chi connectivity index (χ2n) is 9.41. The number of amides is 1. The Morgan fingerprint density at radius 3 is 2.83 bits per heavy atom. The first-order valence-electron chi connectivity index (χ1n) is 12.5. The number of likely N-dealkylation sites (N-methyl/N-ethyl adjacent to an activating group) is 1. The molecule has 35 heavy (non-hydrogen) atoms. The smallest absolute Gasteiger partial charge is 0.220 e. The first kappa shape index (κ1) is 25.1. The van der Waals surface area contributed by atoms with Gasteiger partial charge in [-0.25, -0.2) is 9.50 Å². The van der Waals surface area contributed by atoms with Crippen LogP contribution in [0.2, 0.25) is 0 Å². The van der Waals surface area contributed by atoms with Crippen molar-refractivity contribution in [3.05, 3.63) is 58.5 Å². The van der Waals surface area contributed by atoms with Crippen LogP contribution in [0.1, 0.15) is 47.5 Å². The van der Waals surface area contributed by atoms with Gasteiger partial charge in [0.2, 0.25) is 5.91 Å². The van der Waals surface area contributed by atoms with Crippen molar-refractivity contribution in [1.29, 1.82) is 0 Å². The summed E-state index contributed by atoms with van der Waals surface area (Å²) < 4.78 is 13.3. The predicted octanol–water partition coefficient (Wildman–Crippen LogP) is 3.39. The third-order valence-corrected chi connectivity index (χ3v) is 6.80. The van der Waals surface area contributed by atoms with Gasteiger partial charge in [-0.2, -0.15) is 5.10 Å². The molecule has 0 saturated carbocycles. The number of ether oxygens (including phenoxy) is 2. The maximum absolute atomic E-state index is 12.6. The van der Waals surface area contributed by atoms with Gasteiger partial charge >= 0.3 is 0 Å². The maximum atomic E-state index is 12.6. The van der Waals surface area contributed by atoms with Crippen molar-refractivity contribution in [2.75, 3.05) is 33.4 Å². The molecule has 1 aliphatic rings. The molecule has 1 amide bonds. The summed E-state index contributed by atoms with van der Waals surface area (Å²) in [7, 11) is 2.15. The second kappa shape index (κ2) is 11.6. The van der Waals surface area contributed by atoms with Crippen LogP contribution >= 0.6 is 0 Å². The Balaban J connectivity index is 1.23. The minimum absolute atomic E-state index is 0.0185. The van der Waals surface area contributed by atoms with Crippen LogP contribution in [0.5, 0.6) is 5.75 Å². The van der Waals surface area contributed by atoms with E-state index in [1.165, 1.54) is 0 Å². The highest BCUT2D eigenvalue weighted by Crippen LogP contribution is 2.18. The number of carbonyl (C=O) groups excluding carboxylic acids is 1. The number of benzene rings is 1. The summed E-state index contributed by atoms with van der Waals surface area (Å²) in [6.07, 6.45) is 3.21. The average Bonchev–Trinajstić information content (AvgIpc) is 3.23. The van der Waals surface area contributed by atoms with E-state index >= 15 is 0 Å². The summed E-state index contributed by atoms with van der Waals surface area (Å²) >= 11 is 0. The Hall–Kier alpha value is -2.97. The van der Waals surface area contributed by atoms with Gasteiger partial charge in [-0.1, -0.05) is 12.1 Å². The Morgan fingerprint density at radius 1 is 1.23 bits per heavy atom. The molecule has 1 aromatic carbocycles. The average molecular weight is 480 g/mol. The number of fused-ring (bicyclic) bond motifs is 1. The molecule has 1 saturated heterocycles. The van der Waals surface area contributed by atoms with E-state index in [0.29, 0.717) is 32.0 Å². The summed E-state index contributed by atoms with van der Waals surface area (Å²) in [5.74, 6) is 0.849. The molecule has 0 bridgehead atoms. The molecule has 0 atom stereocenters. The van der Waals surface area contributed by atoms with E-state index in [2.05, 4.69) is 27.3 Å². The van der Waals surface area contributed by atoms with Crippen LogP contribution in [0, 0.1) is 20.8 Å².